The van der Waals surface area contributed by atoms with Crippen molar-refractivity contribution in [1.82, 2.24) is 10.2 Å². The molecule has 1 saturated heterocycles. The van der Waals surface area contributed by atoms with Crippen LogP contribution in [0, 0.1) is 5.92 Å². The predicted octanol–water partition coefficient (Wildman–Crippen LogP) is 3.38. The lowest BCUT2D eigenvalue weighted by Gasteiger charge is -2.35. The highest BCUT2D eigenvalue weighted by Gasteiger charge is 2.23. The summed E-state index contributed by atoms with van der Waals surface area (Å²) in [4.78, 5) is 14.5. The van der Waals surface area contributed by atoms with Gasteiger partial charge in [-0.2, -0.15) is 0 Å². The van der Waals surface area contributed by atoms with E-state index in [1.807, 2.05) is 12.1 Å². The first kappa shape index (κ1) is 17.8. The van der Waals surface area contributed by atoms with Gasteiger partial charge in [0.2, 0.25) is 5.91 Å². The summed E-state index contributed by atoms with van der Waals surface area (Å²) in [5, 5.41) is 3.13. The predicted molar refractivity (Wildman–Crippen MR) is 93.6 cm³/mol. The van der Waals surface area contributed by atoms with Crippen molar-refractivity contribution < 1.29 is 9.53 Å². The number of likely N-dealkylation sites (tertiary alicyclic amines) is 1. The molecule has 1 unspecified atom stereocenters. The van der Waals surface area contributed by atoms with Crippen molar-refractivity contribution in [2.75, 3.05) is 26.7 Å². The Hall–Kier alpha value is -1.55. The molecule has 0 spiro atoms. The molecule has 0 aliphatic carbocycles. The molecule has 1 aliphatic rings. The molecule has 1 aromatic carbocycles. The Morgan fingerprint density at radius 1 is 1.17 bits per heavy atom. The number of amides is 1. The average Bonchev–Trinajstić information content (AvgIpc) is 2.56. The zero-order valence-corrected chi connectivity index (χ0v) is 14.7. The van der Waals surface area contributed by atoms with Crippen molar-refractivity contribution >= 4 is 5.91 Å². The highest BCUT2D eigenvalue weighted by Crippen LogP contribution is 2.25. The number of hydrogen-bond donors (Lipinski definition) is 1. The highest BCUT2D eigenvalue weighted by atomic mass is 16.5. The lowest BCUT2D eigenvalue weighted by molar-refractivity contribution is -0.122. The summed E-state index contributed by atoms with van der Waals surface area (Å²) in [6, 6.07) is 8.49. The van der Waals surface area contributed by atoms with Crippen molar-refractivity contribution in [3.05, 3.63) is 29.8 Å². The summed E-state index contributed by atoms with van der Waals surface area (Å²) in [7, 11) is 1.68. The van der Waals surface area contributed by atoms with Crippen molar-refractivity contribution in [2.24, 2.45) is 5.92 Å². The van der Waals surface area contributed by atoms with Crippen LogP contribution in [-0.4, -0.2) is 37.6 Å². The average molecular weight is 318 g/mol. The molecule has 1 atom stereocenters. The molecule has 128 valence electrons. The molecule has 1 aliphatic heterocycles. The van der Waals surface area contributed by atoms with Crippen LogP contribution in [0.4, 0.5) is 0 Å². The van der Waals surface area contributed by atoms with Crippen LogP contribution in [0.5, 0.6) is 5.75 Å². The fraction of sp³-hybridized carbons (Fsp3) is 0.632. The van der Waals surface area contributed by atoms with Crippen LogP contribution in [-0.2, 0) is 4.79 Å². The Labute approximate surface area is 140 Å². The first-order valence-electron chi connectivity index (χ1n) is 8.75. The van der Waals surface area contributed by atoms with Crippen LogP contribution in [0.2, 0.25) is 0 Å². The number of nitrogens with zero attached hydrogens (tertiary/aromatic N) is 1. The van der Waals surface area contributed by atoms with Gasteiger partial charge in [-0.3, -0.25) is 9.69 Å². The van der Waals surface area contributed by atoms with Gasteiger partial charge in [0.15, 0.2) is 0 Å². The van der Waals surface area contributed by atoms with E-state index >= 15 is 0 Å². The molecule has 0 saturated carbocycles. The van der Waals surface area contributed by atoms with Crippen LogP contribution in [0.15, 0.2) is 24.3 Å². The first-order chi connectivity index (χ1) is 11.1. The molecule has 0 bridgehead atoms. The van der Waals surface area contributed by atoms with Crippen LogP contribution in [0.25, 0.3) is 0 Å². The second kappa shape index (κ2) is 8.92. The maximum absolute atomic E-state index is 12.0. The van der Waals surface area contributed by atoms with Crippen LogP contribution in [0.3, 0.4) is 0 Å². The van der Waals surface area contributed by atoms with Gasteiger partial charge in [-0.1, -0.05) is 32.4 Å². The molecule has 2 rings (SSSR count). The highest BCUT2D eigenvalue weighted by molar-refractivity contribution is 5.76. The maximum Gasteiger partial charge on any atom is 0.220 e. The number of piperidine rings is 1. The molecule has 1 fully saturated rings. The molecule has 0 aromatic heterocycles. The van der Waals surface area contributed by atoms with E-state index in [4.69, 9.17) is 4.74 Å². The van der Waals surface area contributed by atoms with E-state index in [0.717, 1.165) is 18.8 Å². The molecule has 1 amide bonds. The summed E-state index contributed by atoms with van der Waals surface area (Å²) in [5.41, 5.74) is 1.25. The summed E-state index contributed by atoms with van der Waals surface area (Å²) >= 11 is 0. The minimum absolute atomic E-state index is 0.149. The van der Waals surface area contributed by atoms with E-state index in [1.54, 1.807) is 7.11 Å². The van der Waals surface area contributed by atoms with Crippen molar-refractivity contribution in [1.29, 1.82) is 0 Å². The third kappa shape index (κ3) is 5.54. The number of benzene rings is 1. The van der Waals surface area contributed by atoms with Crippen LogP contribution < -0.4 is 10.1 Å². The van der Waals surface area contributed by atoms with E-state index in [9.17, 15) is 4.79 Å². The summed E-state index contributed by atoms with van der Waals surface area (Å²) in [5.74, 6) is 1.41. The Kier molecular flexibility index (Phi) is 6.90. The van der Waals surface area contributed by atoms with Gasteiger partial charge in [-0.05, 0) is 49.5 Å². The van der Waals surface area contributed by atoms with Crippen molar-refractivity contribution in [2.45, 2.75) is 45.6 Å². The number of nitrogens with one attached hydrogen (secondary N) is 1. The molecule has 23 heavy (non-hydrogen) atoms. The topological polar surface area (TPSA) is 41.6 Å². The maximum atomic E-state index is 12.0. The normalized spacial score (nSPS) is 17.0. The largest absolute Gasteiger partial charge is 0.497 e. The van der Waals surface area contributed by atoms with E-state index in [1.165, 1.54) is 24.8 Å². The standard InChI is InChI=1S/C19H30N2O2/c1-15(2)13-19(22)20-14-18(21-11-5-4-6-12-21)16-7-9-17(23-3)10-8-16/h7-10,15,18H,4-6,11-14H2,1-3H3,(H,20,22). The minimum Gasteiger partial charge on any atom is -0.497 e. The molecular weight excluding hydrogens is 288 g/mol. The van der Waals surface area contributed by atoms with Crippen molar-refractivity contribution in [3.8, 4) is 5.75 Å². The number of ether oxygens (including phenoxy) is 1. The van der Waals surface area contributed by atoms with E-state index in [2.05, 4.69) is 36.2 Å². The zero-order chi connectivity index (χ0) is 16.7. The number of carbonyl (C=O) groups excluding carboxylic acids is 1. The Morgan fingerprint density at radius 2 is 1.83 bits per heavy atom. The fourth-order valence-corrected chi connectivity index (χ4v) is 3.17. The lowest BCUT2D eigenvalue weighted by atomic mass is 10.0. The number of rotatable bonds is 7. The third-order valence-electron chi connectivity index (χ3n) is 4.42. The Bertz CT molecular complexity index is 479. The van der Waals surface area contributed by atoms with Gasteiger partial charge in [0, 0.05) is 13.0 Å². The van der Waals surface area contributed by atoms with Gasteiger partial charge >= 0.3 is 0 Å². The second-order valence-corrected chi connectivity index (χ2v) is 6.79. The van der Waals surface area contributed by atoms with Crippen LogP contribution in [0.1, 0.15) is 51.1 Å². The molecule has 0 radical (unpaired) electrons. The lowest BCUT2D eigenvalue weighted by Crippen LogP contribution is -2.40. The second-order valence-electron chi connectivity index (χ2n) is 6.79. The van der Waals surface area contributed by atoms with Crippen LogP contribution >= 0.6 is 0 Å². The smallest absolute Gasteiger partial charge is 0.220 e. The zero-order valence-electron chi connectivity index (χ0n) is 14.7. The van der Waals surface area contributed by atoms with Crippen molar-refractivity contribution in [3.63, 3.8) is 0 Å². The Morgan fingerprint density at radius 3 is 2.39 bits per heavy atom. The monoisotopic (exact) mass is 318 g/mol. The third-order valence-corrected chi connectivity index (χ3v) is 4.42. The van der Waals surface area contributed by atoms with Gasteiger partial charge in [0.1, 0.15) is 5.75 Å². The fourth-order valence-electron chi connectivity index (χ4n) is 3.17. The number of carbonyl (C=O) groups is 1. The number of methoxy groups -OCH3 is 1. The molecule has 1 aromatic rings. The molecule has 1 N–H and O–H groups in total. The van der Waals surface area contributed by atoms with E-state index in [0.29, 0.717) is 18.9 Å². The quantitative estimate of drug-likeness (QED) is 0.838. The summed E-state index contributed by atoms with van der Waals surface area (Å²) < 4.78 is 5.25. The number of hydrogen-bond acceptors (Lipinski definition) is 3. The summed E-state index contributed by atoms with van der Waals surface area (Å²) in [6.45, 7) is 7.04. The Balaban J connectivity index is 2.05. The SMILES string of the molecule is COc1ccc(C(CNC(=O)CC(C)C)N2CCCCC2)cc1. The first-order valence-corrected chi connectivity index (χ1v) is 8.75. The minimum atomic E-state index is 0.149. The molecular formula is C19H30N2O2. The molecule has 4 heteroatoms. The van der Waals surface area contributed by atoms with Gasteiger partial charge in [0.25, 0.3) is 0 Å². The van der Waals surface area contributed by atoms with Gasteiger partial charge in [-0.25, -0.2) is 0 Å². The van der Waals surface area contributed by atoms with E-state index < -0.39 is 0 Å². The van der Waals surface area contributed by atoms with Gasteiger partial charge in [0.05, 0.1) is 13.2 Å². The van der Waals surface area contributed by atoms with Gasteiger partial charge < -0.3 is 10.1 Å². The molecule has 1 heterocycles. The summed E-state index contributed by atoms with van der Waals surface area (Å²) in [6.07, 6.45) is 4.39. The van der Waals surface area contributed by atoms with Gasteiger partial charge in [-0.15, -0.1) is 0 Å². The molecule has 4 nitrogen and oxygen atoms in total. The van der Waals surface area contributed by atoms with E-state index in [-0.39, 0.29) is 11.9 Å².